The van der Waals surface area contributed by atoms with E-state index in [2.05, 4.69) is 4.99 Å². The number of amidine groups is 1. The summed E-state index contributed by atoms with van der Waals surface area (Å²) in [4.78, 5) is 14.5. The Balaban J connectivity index is 4.10. The lowest BCUT2D eigenvalue weighted by Crippen LogP contribution is -2.23. The molecule has 3 N–H and O–H groups in total. The van der Waals surface area contributed by atoms with Gasteiger partial charge in [0.05, 0.1) is 17.8 Å². The molecule has 0 atom stereocenters. The molecule has 4 nitrogen and oxygen atoms in total. The largest absolute Gasteiger partial charge is 0.481 e. The van der Waals surface area contributed by atoms with E-state index in [0.717, 1.165) is 0 Å². The van der Waals surface area contributed by atoms with Crippen molar-refractivity contribution in [1.29, 1.82) is 0 Å². The third-order valence-corrected chi connectivity index (χ3v) is 2.19. The molecule has 16 heavy (non-hydrogen) atoms. The van der Waals surface area contributed by atoms with Crippen molar-refractivity contribution in [2.24, 2.45) is 16.1 Å². The van der Waals surface area contributed by atoms with Crippen LogP contribution in [0.5, 0.6) is 0 Å². The van der Waals surface area contributed by atoms with Crippen molar-refractivity contribution in [1.82, 2.24) is 0 Å². The molecule has 0 radical (unpaired) electrons. The van der Waals surface area contributed by atoms with Crippen LogP contribution in [0.2, 0.25) is 0 Å². The summed E-state index contributed by atoms with van der Waals surface area (Å²) in [5.41, 5.74) is 4.43. The van der Waals surface area contributed by atoms with Crippen LogP contribution in [0.25, 0.3) is 0 Å². The molecular formula is C11H19FN2O2. The molecule has 0 unspecified atom stereocenters. The first-order valence-corrected chi connectivity index (χ1v) is 5.10. The number of nitrogens with two attached hydrogens (primary N) is 1. The number of halogens is 1. The highest BCUT2D eigenvalue weighted by atomic mass is 19.1. The van der Waals surface area contributed by atoms with Gasteiger partial charge in [-0.05, 0) is 33.6 Å². The van der Waals surface area contributed by atoms with Crippen LogP contribution in [0.15, 0.2) is 16.9 Å². The summed E-state index contributed by atoms with van der Waals surface area (Å²) < 4.78 is 13.1. The van der Waals surface area contributed by atoms with Crippen molar-refractivity contribution in [2.45, 2.75) is 33.6 Å². The zero-order chi connectivity index (χ0) is 12.8. The third kappa shape index (κ3) is 6.16. The molecule has 0 saturated carbocycles. The quantitative estimate of drug-likeness (QED) is 0.542. The Morgan fingerprint density at radius 3 is 2.56 bits per heavy atom. The van der Waals surface area contributed by atoms with Crippen LogP contribution in [0.3, 0.4) is 0 Å². The van der Waals surface area contributed by atoms with Crippen LogP contribution >= 0.6 is 0 Å². The Morgan fingerprint density at radius 1 is 1.56 bits per heavy atom. The van der Waals surface area contributed by atoms with Gasteiger partial charge in [0, 0.05) is 0 Å². The van der Waals surface area contributed by atoms with Gasteiger partial charge < -0.3 is 10.8 Å². The summed E-state index contributed by atoms with van der Waals surface area (Å²) >= 11 is 0. The smallest absolute Gasteiger partial charge is 0.309 e. The topological polar surface area (TPSA) is 75.7 Å². The first-order valence-electron chi connectivity index (χ1n) is 5.10. The molecular weight excluding hydrogens is 211 g/mol. The molecule has 0 aliphatic rings. The molecule has 0 saturated heterocycles. The summed E-state index contributed by atoms with van der Waals surface area (Å²) in [5.74, 6) is -0.933. The molecule has 0 aromatic rings. The number of hydrogen-bond donors (Lipinski definition) is 2. The van der Waals surface area contributed by atoms with Gasteiger partial charge in [0.1, 0.15) is 5.83 Å². The molecule has 92 valence electrons. The van der Waals surface area contributed by atoms with E-state index in [4.69, 9.17) is 10.8 Å². The molecule has 0 fully saturated rings. The van der Waals surface area contributed by atoms with E-state index in [0.29, 0.717) is 18.7 Å². The second-order valence-electron chi connectivity index (χ2n) is 4.34. The second-order valence-corrected chi connectivity index (χ2v) is 4.34. The monoisotopic (exact) mass is 230 g/mol. The number of rotatable bonds is 6. The van der Waals surface area contributed by atoms with E-state index in [-0.39, 0.29) is 12.4 Å². The SMILES string of the molecule is CC(N)=NCC(F)=CCCC(C)(C)C(=O)O. The molecule has 0 aliphatic heterocycles. The minimum absolute atomic E-state index is 0.0736. The van der Waals surface area contributed by atoms with E-state index in [9.17, 15) is 9.18 Å². The van der Waals surface area contributed by atoms with Gasteiger partial charge in [-0.2, -0.15) is 0 Å². The average molecular weight is 230 g/mol. The van der Waals surface area contributed by atoms with Gasteiger partial charge in [-0.3, -0.25) is 9.79 Å². The van der Waals surface area contributed by atoms with E-state index in [1.165, 1.54) is 6.08 Å². The predicted octanol–water partition coefficient (Wildman–Crippen LogP) is 2.11. The number of carboxylic acid groups (broad SMARTS) is 1. The number of nitrogens with zero attached hydrogens (tertiary/aromatic N) is 1. The Labute approximate surface area is 95.1 Å². The Bertz CT molecular complexity index is 305. The van der Waals surface area contributed by atoms with Crippen molar-refractivity contribution in [2.75, 3.05) is 6.54 Å². The van der Waals surface area contributed by atoms with E-state index in [1.54, 1.807) is 20.8 Å². The standard InChI is InChI=1S/C11H19FN2O2/c1-8(13)14-7-9(12)5-4-6-11(2,3)10(15)16/h5H,4,6-7H2,1-3H3,(H2,13,14)(H,15,16). The third-order valence-electron chi connectivity index (χ3n) is 2.19. The summed E-state index contributed by atoms with van der Waals surface area (Å²) in [5, 5.41) is 8.83. The Kier molecular flexibility index (Phi) is 5.71. The number of hydrogen-bond acceptors (Lipinski definition) is 2. The number of allylic oxidation sites excluding steroid dienone is 1. The predicted molar refractivity (Wildman–Crippen MR) is 62.0 cm³/mol. The molecule has 0 aliphatic carbocycles. The summed E-state index contributed by atoms with van der Waals surface area (Å²) in [6.07, 6.45) is 2.13. The van der Waals surface area contributed by atoms with Gasteiger partial charge in [-0.15, -0.1) is 0 Å². The number of carboxylic acids is 1. The normalized spacial score (nSPS) is 14.0. The zero-order valence-electron chi connectivity index (χ0n) is 9.96. The van der Waals surface area contributed by atoms with Crippen LogP contribution < -0.4 is 5.73 Å². The fraction of sp³-hybridized carbons (Fsp3) is 0.636. The maximum Gasteiger partial charge on any atom is 0.309 e. The molecule has 0 aromatic carbocycles. The van der Waals surface area contributed by atoms with E-state index in [1.807, 2.05) is 0 Å². The highest BCUT2D eigenvalue weighted by Crippen LogP contribution is 2.23. The van der Waals surface area contributed by atoms with Crippen molar-refractivity contribution in [3.63, 3.8) is 0 Å². The van der Waals surface area contributed by atoms with Crippen molar-refractivity contribution in [3.8, 4) is 0 Å². The van der Waals surface area contributed by atoms with Gasteiger partial charge >= 0.3 is 5.97 Å². The first-order chi connectivity index (χ1) is 7.25. The van der Waals surface area contributed by atoms with Crippen LogP contribution in [0, 0.1) is 5.41 Å². The molecule has 0 rings (SSSR count). The molecule has 0 heterocycles. The zero-order valence-corrected chi connectivity index (χ0v) is 9.96. The van der Waals surface area contributed by atoms with Crippen LogP contribution in [0.4, 0.5) is 4.39 Å². The fourth-order valence-electron chi connectivity index (χ4n) is 0.961. The van der Waals surface area contributed by atoms with Crippen LogP contribution in [0.1, 0.15) is 33.6 Å². The molecule has 0 amide bonds. The lowest BCUT2D eigenvalue weighted by molar-refractivity contribution is -0.147. The minimum Gasteiger partial charge on any atom is -0.481 e. The number of carbonyl (C=O) groups is 1. The van der Waals surface area contributed by atoms with Crippen molar-refractivity contribution in [3.05, 3.63) is 11.9 Å². The summed E-state index contributed by atoms with van der Waals surface area (Å²) in [7, 11) is 0. The molecule has 5 heteroatoms. The van der Waals surface area contributed by atoms with Gasteiger partial charge in [-0.1, -0.05) is 6.08 Å². The lowest BCUT2D eigenvalue weighted by atomic mass is 9.88. The second kappa shape index (κ2) is 6.25. The van der Waals surface area contributed by atoms with Crippen LogP contribution in [-0.2, 0) is 4.79 Å². The van der Waals surface area contributed by atoms with Gasteiger partial charge in [0.25, 0.3) is 0 Å². The molecule has 0 aromatic heterocycles. The number of aliphatic imine (C=N–C) groups is 1. The number of aliphatic carboxylic acids is 1. The molecule has 0 bridgehead atoms. The first kappa shape index (κ1) is 14.6. The summed E-state index contributed by atoms with van der Waals surface area (Å²) in [6.45, 7) is 4.74. The van der Waals surface area contributed by atoms with Gasteiger partial charge in [0.15, 0.2) is 0 Å². The van der Waals surface area contributed by atoms with E-state index >= 15 is 0 Å². The van der Waals surface area contributed by atoms with Crippen molar-refractivity contribution < 1.29 is 14.3 Å². The van der Waals surface area contributed by atoms with Crippen molar-refractivity contribution >= 4 is 11.8 Å². The van der Waals surface area contributed by atoms with Crippen LogP contribution in [-0.4, -0.2) is 23.5 Å². The molecule has 0 spiro atoms. The average Bonchev–Trinajstić information content (AvgIpc) is 2.14. The highest BCUT2D eigenvalue weighted by molar-refractivity contribution is 5.77. The van der Waals surface area contributed by atoms with Gasteiger partial charge in [0.2, 0.25) is 0 Å². The minimum atomic E-state index is -0.878. The maximum absolute atomic E-state index is 13.1. The van der Waals surface area contributed by atoms with Gasteiger partial charge in [-0.25, -0.2) is 4.39 Å². The van der Waals surface area contributed by atoms with E-state index < -0.39 is 11.4 Å². The maximum atomic E-state index is 13.1. The highest BCUT2D eigenvalue weighted by Gasteiger charge is 2.25. The summed E-state index contributed by atoms with van der Waals surface area (Å²) in [6, 6.07) is 0. The fourth-order valence-corrected chi connectivity index (χ4v) is 0.961. The lowest BCUT2D eigenvalue weighted by Gasteiger charge is -2.17. The Hall–Kier alpha value is -1.39. The Morgan fingerprint density at radius 2 is 2.12 bits per heavy atom.